The topological polar surface area (TPSA) is 79.1 Å². The van der Waals surface area contributed by atoms with Gasteiger partial charge >= 0.3 is 0 Å². The average molecular weight is 440 g/mol. The maximum absolute atomic E-state index is 13.3. The molecule has 4 aliphatic rings. The zero-order valence-electron chi connectivity index (χ0n) is 17.9. The summed E-state index contributed by atoms with van der Waals surface area (Å²) >= 11 is 0. The molecule has 2 atom stereocenters. The van der Waals surface area contributed by atoms with Crippen molar-refractivity contribution in [2.75, 3.05) is 24.5 Å². The maximum atomic E-state index is 13.3. The van der Waals surface area contributed by atoms with E-state index in [0.717, 1.165) is 63.3 Å². The van der Waals surface area contributed by atoms with E-state index < -0.39 is 10.0 Å². The average Bonchev–Trinajstić information content (AvgIpc) is 3.42. The molecule has 1 aromatic heterocycles. The van der Waals surface area contributed by atoms with Crippen LogP contribution in [0.3, 0.4) is 0 Å². The fourth-order valence-corrected chi connectivity index (χ4v) is 6.33. The number of nitrogens with one attached hydrogen (secondary N) is 1. The summed E-state index contributed by atoms with van der Waals surface area (Å²) in [5.41, 5.74) is 2.01. The Hall–Kier alpha value is -2.45. The number of amidine groups is 1. The van der Waals surface area contributed by atoms with Gasteiger partial charge in [-0.15, -0.1) is 0 Å². The normalized spacial score (nSPS) is 25.8. The minimum Gasteiger partial charge on any atom is -0.316 e. The lowest BCUT2D eigenvalue weighted by Gasteiger charge is -2.35. The van der Waals surface area contributed by atoms with E-state index in [-0.39, 0.29) is 0 Å². The van der Waals surface area contributed by atoms with Crippen molar-refractivity contribution in [1.82, 2.24) is 9.29 Å². The molecule has 1 aromatic rings. The van der Waals surface area contributed by atoms with E-state index in [4.69, 9.17) is 4.99 Å². The Labute approximate surface area is 184 Å². The van der Waals surface area contributed by atoms with Gasteiger partial charge in [0.2, 0.25) is 0 Å². The lowest BCUT2D eigenvalue weighted by molar-refractivity contribution is 0.454. The molecule has 4 heterocycles. The number of rotatable bonds is 4. The number of fused-ring (bicyclic) bond motifs is 3. The summed E-state index contributed by atoms with van der Waals surface area (Å²) in [6.45, 7) is 4.92. The molecule has 0 amide bonds. The highest BCUT2D eigenvalue weighted by molar-refractivity contribution is 7.94. The van der Waals surface area contributed by atoms with Crippen molar-refractivity contribution in [3.05, 3.63) is 47.2 Å². The first-order chi connectivity index (χ1) is 15.1. The van der Waals surface area contributed by atoms with Crippen LogP contribution in [0.4, 0.5) is 11.5 Å². The van der Waals surface area contributed by atoms with E-state index in [1.54, 1.807) is 24.6 Å². The lowest BCUT2D eigenvalue weighted by atomic mass is 9.88. The van der Waals surface area contributed by atoms with Crippen LogP contribution in [0.5, 0.6) is 0 Å². The van der Waals surface area contributed by atoms with Gasteiger partial charge in [0.25, 0.3) is 10.0 Å². The largest absolute Gasteiger partial charge is 0.316 e. The Morgan fingerprint density at radius 2 is 2.10 bits per heavy atom. The van der Waals surface area contributed by atoms with Gasteiger partial charge in [0, 0.05) is 30.9 Å². The van der Waals surface area contributed by atoms with Crippen LogP contribution in [0.2, 0.25) is 0 Å². The molecule has 3 aliphatic heterocycles. The Balaban J connectivity index is 1.61. The molecule has 0 spiro atoms. The third-order valence-electron chi connectivity index (χ3n) is 6.59. The molecule has 1 fully saturated rings. The van der Waals surface area contributed by atoms with Gasteiger partial charge < -0.3 is 5.32 Å². The highest BCUT2D eigenvalue weighted by Crippen LogP contribution is 2.41. The van der Waals surface area contributed by atoms with Crippen LogP contribution >= 0.6 is 0 Å². The molecule has 0 aromatic carbocycles. The van der Waals surface area contributed by atoms with Gasteiger partial charge in [-0.2, -0.15) is 0 Å². The smallest absolute Gasteiger partial charge is 0.269 e. The standard InChI is InChI=1S/C23H29N5O2S/c1-2-17-14-24-15-19(17)20-10-6-7-12-25-22-16-26-23-21(28(20)22)11-13-27(23)31(29,30)18-8-4-3-5-9-18/h4,8-11,13,16-17,19,24H,2-3,5-7,12,14-15H2,1H3. The maximum Gasteiger partial charge on any atom is 0.269 e. The van der Waals surface area contributed by atoms with Crippen molar-refractivity contribution >= 4 is 33.6 Å². The van der Waals surface area contributed by atoms with Crippen molar-refractivity contribution in [3.8, 4) is 0 Å². The predicted octanol–water partition coefficient (Wildman–Crippen LogP) is 3.74. The second-order valence-corrected chi connectivity index (χ2v) is 10.3. The zero-order valence-corrected chi connectivity index (χ0v) is 18.7. The predicted molar refractivity (Wildman–Crippen MR) is 126 cm³/mol. The summed E-state index contributed by atoms with van der Waals surface area (Å²) in [7, 11) is -3.69. The highest BCUT2D eigenvalue weighted by Gasteiger charge is 2.37. The molecule has 164 valence electrons. The molecule has 0 radical (unpaired) electrons. The Kier molecular flexibility index (Phi) is 5.44. The van der Waals surface area contributed by atoms with Crippen LogP contribution in [0.15, 0.2) is 57.2 Å². The minimum atomic E-state index is -3.69. The van der Waals surface area contributed by atoms with Crippen LogP contribution < -0.4 is 10.2 Å². The van der Waals surface area contributed by atoms with Gasteiger partial charge in [-0.05, 0) is 50.3 Å². The van der Waals surface area contributed by atoms with Crippen molar-refractivity contribution in [2.24, 2.45) is 21.8 Å². The number of allylic oxidation sites excluding steroid dienone is 4. The van der Waals surface area contributed by atoms with E-state index in [0.29, 0.717) is 22.6 Å². The number of aliphatic imine (C=N–C) groups is 2. The first kappa shape index (κ1) is 20.5. The van der Waals surface area contributed by atoms with Crippen molar-refractivity contribution < 1.29 is 8.42 Å². The summed E-state index contributed by atoms with van der Waals surface area (Å²) in [6, 6.07) is 1.87. The molecular weight excluding hydrogens is 410 g/mol. The summed E-state index contributed by atoms with van der Waals surface area (Å²) in [5.74, 6) is 2.17. The second kappa shape index (κ2) is 8.24. The number of nitrogens with zero attached hydrogens (tertiary/aromatic N) is 4. The first-order valence-electron chi connectivity index (χ1n) is 11.2. The highest BCUT2D eigenvalue weighted by atomic mass is 32.2. The van der Waals surface area contributed by atoms with Gasteiger partial charge in [-0.3, -0.25) is 9.89 Å². The van der Waals surface area contributed by atoms with Crippen molar-refractivity contribution in [3.63, 3.8) is 0 Å². The number of anilines is 1. The van der Waals surface area contributed by atoms with Crippen molar-refractivity contribution in [1.29, 1.82) is 0 Å². The van der Waals surface area contributed by atoms with Crippen LogP contribution in [-0.4, -0.2) is 44.1 Å². The molecular formula is C23H29N5O2S. The van der Waals surface area contributed by atoms with Gasteiger partial charge in [0.1, 0.15) is 0 Å². The summed E-state index contributed by atoms with van der Waals surface area (Å²) in [5, 5.41) is 3.54. The summed E-state index contributed by atoms with van der Waals surface area (Å²) in [4.78, 5) is 11.8. The van der Waals surface area contributed by atoms with Crippen LogP contribution in [0, 0.1) is 11.8 Å². The third kappa shape index (κ3) is 3.51. The summed E-state index contributed by atoms with van der Waals surface area (Å²) < 4.78 is 28.0. The Morgan fingerprint density at radius 1 is 1.19 bits per heavy atom. The minimum absolute atomic E-state index is 0.335. The van der Waals surface area contributed by atoms with E-state index >= 15 is 0 Å². The van der Waals surface area contributed by atoms with E-state index in [1.807, 2.05) is 12.1 Å². The van der Waals surface area contributed by atoms with E-state index in [1.165, 1.54) is 9.67 Å². The summed E-state index contributed by atoms with van der Waals surface area (Å²) in [6.07, 6.45) is 15.8. The first-order valence-corrected chi connectivity index (χ1v) is 12.7. The van der Waals surface area contributed by atoms with Gasteiger partial charge in [-0.25, -0.2) is 17.4 Å². The number of hydrogen-bond donors (Lipinski definition) is 1. The Morgan fingerprint density at radius 3 is 2.90 bits per heavy atom. The number of hydrogen-bond acceptors (Lipinski definition) is 6. The molecule has 7 nitrogen and oxygen atoms in total. The molecule has 1 N–H and O–H groups in total. The quantitative estimate of drug-likeness (QED) is 0.775. The van der Waals surface area contributed by atoms with Crippen LogP contribution in [0.1, 0.15) is 39.0 Å². The Bertz CT molecular complexity index is 1120. The van der Waals surface area contributed by atoms with Gasteiger partial charge in [-0.1, -0.05) is 31.6 Å². The number of aromatic nitrogens is 1. The second-order valence-electron chi connectivity index (χ2n) is 8.45. The van der Waals surface area contributed by atoms with Crippen molar-refractivity contribution in [2.45, 2.75) is 39.0 Å². The molecule has 31 heavy (non-hydrogen) atoms. The molecule has 5 rings (SSSR count). The monoisotopic (exact) mass is 439 g/mol. The fraction of sp³-hybridized carbons (Fsp3) is 0.478. The molecule has 0 saturated carbocycles. The van der Waals surface area contributed by atoms with Crippen LogP contribution in [0.25, 0.3) is 0 Å². The molecule has 0 bridgehead atoms. The zero-order chi connectivity index (χ0) is 21.4. The molecule has 8 heteroatoms. The fourth-order valence-electron chi connectivity index (χ4n) is 4.92. The third-order valence-corrected chi connectivity index (χ3v) is 8.30. The molecule has 1 saturated heterocycles. The molecule has 1 aliphatic carbocycles. The van der Waals surface area contributed by atoms with Gasteiger partial charge in [0.15, 0.2) is 11.7 Å². The molecule has 2 unspecified atom stereocenters. The van der Waals surface area contributed by atoms with E-state index in [9.17, 15) is 8.42 Å². The SMILES string of the molecule is CCC1CNCC1C1=CCCCN=C2C=Nc3c(ccn3S(=O)(=O)C3=CCCC=C3)N12. The van der Waals surface area contributed by atoms with Crippen LogP contribution in [-0.2, 0) is 10.0 Å². The van der Waals surface area contributed by atoms with E-state index in [2.05, 4.69) is 28.2 Å². The van der Waals surface area contributed by atoms with Gasteiger partial charge in [0.05, 0.1) is 16.8 Å². The lowest BCUT2D eigenvalue weighted by Crippen LogP contribution is -2.38.